The number of ether oxygens (including phenoxy) is 2. The Morgan fingerprint density at radius 1 is 1.12 bits per heavy atom. The van der Waals surface area contributed by atoms with E-state index in [0.717, 1.165) is 12.1 Å². The standard InChI is InChI=1S/C18H17F2NO3/c1-4-5-11-8-12(9-16(23-2)17(11)24-3)18(22)21-15-7-6-13(19)10-14(15)20/h4-10H,1-3H3,(H,21,22)/b5-4+. The van der Waals surface area contributed by atoms with Crippen molar-refractivity contribution in [3.05, 3.63) is 59.2 Å². The molecule has 0 bridgehead atoms. The van der Waals surface area contributed by atoms with Crippen molar-refractivity contribution in [2.24, 2.45) is 0 Å². The summed E-state index contributed by atoms with van der Waals surface area (Å²) in [5, 5.41) is 2.41. The Hall–Kier alpha value is -2.89. The fraction of sp³-hybridized carbons (Fsp3) is 0.167. The van der Waals surface area contributed by atoms with Crippen LogP contribution in [0.3, 0.4) is 0 Å². The molecule has 2 aromatic carbocycles. The van der Waals surface area contributed by atoms with Gasteiger partial charge in [-0.3, -0.25) is 4.79 Å². The van der Waals surface area contributed by atoms with Gasteiger partial charge in [-0.2, -0.15) is 0 Å². The van der Waals surface area contributed by atoms with Gasteiger partial charge >= 0.3 is 0 Å². The van der Waals surface area contributed by atoms with Gasteiger partial charge in [0.1, 0.15) is 11.6 Å². The highest BCUT2D eigenvalue weighted by Gasteiger charge is 2.16. The molecule has 2 aromatic rings. The average Bonchev–Trinajstić information content (AvgIpc) is 2.56. The number of nitrogens with one attached hydrogen (secondary N) is 1. The van der Waals surface area contributed by atoms with E-state index < -0.39 is 17.5 Å². The minimum absolute atomic E-state index is 0.108. The first-order valence-corrected chi connectivity index (χ1v) is 7.15. The highest BCUT2D eigenvalue weighted by molar-refractivity contribution is 6.05. The van der Waals surface area contributed by atoms with E-state index in [-0.39, 0.29) is 11.3 Å². The molecule has 4 nitrogen and oxygen atoms in total. The Balaban J connectivity index is 2.40. The summed E-state index contributed by atoms with van der Waals surface area (Å²) in [5.74, 6) is -1.25. The van der Waals surface area contributed by atoms with Crippen LogP contribution in [0.1, 0.15) is 22.8 Å². The van der Waals surface area contributed by atoms with Crippen molar-refractivity contribution in [1.82, 2.24) is 0 Å². The summed E-state index contributed by atoms with van der Waals surface area (Å²) >= 11 is 0. The summed E-state index contributed by atoms with van der Waals surface area (Å²) in [6.07, 6.45) is 3.55. The molecule has 2 rings (SSSR count). The Kier molecular flexibility index (Phi) is 5.52. The second-order valence-corrected chi connectivity index (χ2v) is 4.88. The minimum atomic E-state index is -0.850. The number of carbonyl (C=O) groups excluding carboxylic acids is 1. The molecular formula is C18H17F2NO3. The third-order valence-electron chi connectivity index (χ3n) is 3.30. The number of amides is 1. The van der Waals surface area contributed by atoms with E-state index in [4.69, 9.17) is 9.47 Å². The molecule has 0 aliphatic heterocycles. The predicted octanol–water partition coefficient (Wildman–Crippen LogP) is 4.27. The van der Waals surface area contributed by atoms with Crippen LogP contribution in [0.5, 0.6) is 11.5 Å². The Morgan fingerprint density at radius 2 is 1.88 bits per heavy atom. The van der Waals surface area contributed by atoms with Crippen LogP contribution in [0.2, 0.25) is 0 Å². The Labute approximate surface area is 138 Å². The summed E-state index contributed by atoms with van der Waals surface area (Å²) in [6, 6.07) is 6.02. The van der Waals surface area contributed by atoms with E-state index in [1.165, 1.54) is 20.3 Å². The van der Waals surface area contributed by atoms with E-state index in [0.29, 0.717) is 23.1 Å². The highest BCUT2D eigenvalue weighted by atomic mass is 19.1. The van der Waals surface area contributed by atoms with Crippen molar-refractivity contribution in [2.45, 2.75) is 6.92 Å². The smallest absolute Gasteiger partial charge is 0.255 e. The van der Waals surface area contributed by atoms with Crippen LogP contribution >= 0.6 is 0 Å². The van der Waals surface area contributed by atoms with Crippen molar-refractivity contribution in [2.75, 3.05) is 19.5 Å². The van der Waals surface area contributed by atoms with E-state index in [9.17, 15) is 13.6 Å². The normalized spacial score (nSPS) is 10.7. The molecule has 1 amide bonds. The largest absolute Gasteiger partial charge is 0.493 e. The molecule has 0 aliphatic carbocycles. The molecule has 0 aromatic heterocycles. The number of halogens is 2. The average molecular weight is 333 g/mol. The fourth-order valence-corrected chi connectivity index (χ4v) is 2.21. The lowest BCUT2D eigenvalue weighted by molar-refractivity contribution is 0.102. The van der Waals surface area contributed by atoms with Gasteiger partial charge in [0.25, 0.3) is 5.91 Å². The first-order chi connectivity index (χ1) is 11.5. The zero-order chi connectivity index (χ0) is 17.7. The number of methoxy groups -OCH3 is 2. The van der Waals surface area contributed by atoms with Crippen molar-refractivity contribution in [3.8, 4) is 11.5 Å². The molecule has 0 fully saturated rings. The Morgan fingerprint density at radius 3 is 2.46 bits per heavy atom. The highest BCUT2D eigenvalue weighted by Crippen LogP contribution is 2.34. The van der Waals surface area contributed by atoms with Gasteiger partial charge in [0, 0.05) is 17.2 Å². The molecule has 1 N–H and O–H groups in total. The minimum Gasteiger partial charge on any atom is -0.493 e. The van der Waals surface area contributed by atoms with Gasteiger partial charge in [-0.15, -0.1) is 0 Å². The van der Waals surface area contributed by atoms with Crippen LogP contribution in [0.25, 0.3) is 6.08 Å². The van der Waals surface area contributed by atoms with E-state index in [1.54, 1.807) is 18.2 Å². The van der Waals surface area contributed by atoms with Crippen LogP contribution in [0.4, 0.5) is 14.5 Å². The van der Waals surface area contributed by atoms with Crippen LogP contribution in [0, 0.1) is 11.6 Å². The number of rotatable bonds is 5. The zero-order valence-corrected chi connectivity index (χ0v) is 13.5. The van der Waals surface area contributed by atoms with Crippen molar-refractivity contribution >= 4 is 17.7 Å². The lowest BCUT2D eigenvalue weighted by Crippen LogP contribution is -2.14. The van der Waals surface area contributed by atoms with E-state index >= 15 is 0 Å². The van der Waals surface area contributed by atoms with Gasteiger partial charge in [-0.25, -0.2) is 8.78 Å². The molecule has 0 spiro atoms. The molecule has 0 aliphatic rings. The number of hydrogen-bond acceptors (Lipinski definition) is 3. The van der Waals surface area contributed by atoms with Crippen LogP contribution in [0.15, 0.2) is 36.4 Å². The molecule has 24 heavy (non-hydrogen) atoms. The van der Waals surface area contributed by atoms with Crippen LogP contribution in [-0.2, 0) is 0 Å². The summed E-state index contributed by atoms with van der Waals surface area (Å²) < 4.78 is 37.2. The lowest BCUT2D eigenvalue weighted by Gasteiger charge is -2.13. The summed E-state index contributed by atoms with van der Waals surface area (Å²) in [4.78, 5) is 12.4. The molecule has 0 saturated heterocycles. The number of anilines is 1. The van der Waals surface area contributed by atoms with Crippen molar-refractivity contribution in [1.29, 1.82) is 0 Å². The predicted molar refractivity (Wildman–Crippen MR) is 88.6 cm³/mol. The second kappa shape index (κ2) is 7.59. The molecule has 0 atom stereocenters. The number of benzene rings is 2. The SMILES string of the molecule is C/C=C/c1cc(C(=O)Nc2ccc(F)cc2F)cc(OC)c1OC. The van der Waals surface area contributed by atoms with E-state index in [1.807, 2.05) is 6.92 Å². The molecule has 0 heterocycles. The van der Waals surface area contributed by atoms with Gasteiger partial charge in [0.05, 0.1) is 19.9 Å². The maximum Gasteiger partial charge on any atom is 0.255 e. The summed E-state index contributed by atoms with van der Waals surface area (Å²) in [6.45, 7) is 1.83. The summed E-state index contributed by atoms with van der Waals surface area (Å²) in [5.41, 5.74) is 0.789. The molecule has 6 heteroatoms. The maximum absolute atomic E-state index is 13.7. The fourth-order valence-electron chi connectivity index (χ4n) is 2.21. The third-order valence-corrected chi connectivity index (χ3v) is 3.30. The van der Waals surface area contributed by atoms with Gasteiger partial charge in [0.2, 0.25) is 0 Å². The monoisotopic (exact) mass is 333 g/mol. The molecule has 0 radical (unpaired) electrons. The van der Waals surface area contributed by atoms with Gasteiger partial charge in [-0.05, 0) is 31.2 Å². The Bertz CT molecular complexity index is 788. The van der Waals surface area contributed by atoms with E-state index in [2.05, 4.69) is 5.32 Å². The number of carbonyl (C=O) groups is 1. The van der Waals surface area contributed by atoms with Gasteiger partial charge in [-0.1, -0.05) is 12.2 Å². The van der Waals surface area contributed by atoms with Gasteiger partial charge < -0.3 is 14.8 Å². The zero-order valence-electron chi connectivity index (χ0n) is 13.5. The summed E-state index contributed by atoms with van der Waals surface area (Å²) in [7, 11) is 2.96. The second-order valence-electron chi connectivity index (χ2n) is 4.88. The van der Waals surface area contributed by atoms with Crippen molar-refractivity contribution < 1.29 is 23.0 Å². The topological polar surface area (TPSA) is 47.6 Å². The van der Waals surface area contributed by atoms with Gasteiger partial charge in [0.15, 0.2) is 11.5 Å². The first kappa shape index (κ1) is 17.5. The number of allylic oxidation sites excluding steroid dienone is 1. The molecule has 0 unspecified atom stereocenters. The number of hydrogen-bond donors (Lipinski definition) is 1. The van der Waals surface area contributed by atoms with Crippen LogP contribution in [-0.4, -0.2) is 20.1 Å². The third kappa shape index (κ3) is 3.71. The maximum atomic E-state index is 13.7. The van der Waals surface area contributed by atoms with Crippen molar-refractivity contribution in [3.63, 3.8) is 0 Å². The lowest BCUT2D eigenvalue weighted by atomic mass is 10.1. The van der Waals surface area contributed by atoms with Crippen LogP contribution < -0.4 is 14.8 Å². The molecule has 126 valence electrons. The molecule has 0 saturated carbocycles. The quantitative estimate of drug-likeness (QED) is 0.889. The molecular weight excluding hydrogens is 316 g/mol. The first-order valence-electron chi connectivity index (χ1n) is 7.15.